The molecule has 2 aromatic carbocycles. The van der Waals surface area contributed by atoms with E-state index in [9.17, 15) is 14.7 Å². The predicted molar refractivity (Wildman–Crippen MR) is 93.5 cm³/mol. The minimum atomic E-state index is -0.490. The number of aliphatic hydroxyl groups excluding tert-OH is 1. The molecular formula is C20H17NO4. The normalized spacial score (nSPS) is 16.4. The van der Waals surface area contributed by atoms with Gasteiger partial charge in [-0.3, -0.25) is 9.59 Å². The van der Waals surface area contributed by atoms with Gasteiger partial charge in [0.2, 0.25) is 5.76 Å². The first kappa shape index (κ1) is 15.6. The number of rotatable bonds is 4. The Morgan fingerprint density at radius 3 is 2.48 bits per heavy atom. The number of carbonyl (C=O) groups is 1. The van der Waals surface area contributed by atoms with E-state index in [1.54, 1.807) is 29.2 Å². The first-order chi connectivity index (χ1) is 12.2. The van der Waals surface area contributed by atoms with Crippen LogP contribution in [0.15, 0.2) is 63.8 Å². The molecule has 1 aliphatic heterocycles. The molecular weight excluding hydrogens is 318 g/mol. The predicted octanol–water partition coefficient (Wildman–Crippen LogP) is 2.72. The molecule has 0 fully saturated rings. The summed E-state index contributed by atoms with van der Waals surface area (Å²) < 4.78 is 5.81. The molecule has 5 nitrogen and oxygen atoms in total. The van der Waals surface area contributed by atoms with Crippen molar-refractivity contribution in [3.05, 3.63) is 81.7 Å². The summed E-state index contributed by atoms with van der Waals surface area (Å²) in [7, 11) is 0. The summed E-state index contributed by atoms with van der Waals surface area (Å²) in [4.78, 5) is 27.6. The van der Waals surface area contributed by atoms with Crippen LogP contribution in [0.5, 0.6) is 0 Å². The summed E-state index contributed by atoms with van der Waals surface area (Å²) in [6.45, 7) is 0.333. The van der Waals surface area contributed by atoms with Gasteiger partial charge in [-0.25, -0.2) is 0 Å². The van der Waals surface area contributed by atoms with Crippen LogP contribution >= 0.6 is 0 Å². The minimum absolute atomic E-state index is 0.0228. The van der Waals surface area contributed by atoms with Crippen LogP contribution in [-0.4, -0.2) is 29.1 Å². The van der Waals surface area contributed by atoms with Crippen molar-refractivity contribution >= 4 is 16.9 Å². The molecule has 25 heavy (non-hydrogen) atoms. The maximum absolute atomic E-state index is 13.1. The summed E-state index contributed by atoms with van der Waals surface area (Å²) in [5.41, 5.74) is 1.48. The lowest BCUT2D eigenvalue weighted by atomic mass is 9.98. The Labute approximate surface area is 144 Å². The van der Waals surface area contributed by atoms with Crippen molar-refractivity contribution in [3.63, 3.8) is 0 Å². The number of benzene rings is 2. The van der Waals surface area contributed by atoms with E-state index >= 15 is 0 Å². The number of para-hydroxylation sites is 1. The Kier molecular flexibility index (Phi) is 3.86. The minimum Gasteiger partial charge on any atom is -0.450 e. The molecule has 1 aliphatic rings. The molecule has 1 N–H and O–H groups in total. The van der Waals surface area contributed by atoms with E-state index < -0.39 is 6.04 Å². The summed E-state index contributed by atoms with van der Waals surface area (Å²) in [6.07, 6.45) is 0.441. The molecule has 4 rings (SSSR count). The van der Waals surface area contributed by atoms with Crippen LogP contribution in [0.4, 0.5) is 0 Å². The summed E-state index contributed by atoms with van der Waals surface area (Å²) in [5.74, 6) is -0.198. The van der Waals surface area contributed by atoms with Crippen LogP contribution in [0.1, 0.15) is 34.1 Å². The second kappa shape index (κ2) is 6.18. The number of amides is 1. The fourth-order valence-electron chi connectivity index (χ4n) is 3.42. The molecule has 1 amide bonds. The lowest BCUT2D eigenvalue weighted by Crippen LogP contribution is -2.31. The van der Waals surface area contributed by atoms with E-state index in [4.69, 9.17) is 4.42 Å². The van der Waals surface area contributed by atoms with Crippen molar-refractivity contribution in [2.24, 2.45) is 0 Å². The average molecular weight is 335 g/mol. The van der Waals surface area contributed by atoms with Crippen LogP contribution in [0.2, 0.25) is 0 Å². The zero-order valence-electron chi connectivity index (χ0n) is 13.5. The number of nitrogens with zero attached hydrogens (tertiary/aromatic N) is 1. The first-order valence-electron chi connectivity index (χ1n) is 8.25. The van der Waals surface area contributed by atoms with Gasteiger partial charge in [0.15, 0.2) is 5.43 Å². The van der Waals surface area contributed by atoms with Crippen molar-refractivity contribution in [1.82, 2.24) is 4.90 Å². The Bertz CT molecular complexity index is 993. The summed E-state index contributed by atoms with van der Waals surface area (Å²) in [5, 5.41) is 9.64. The fraction of sp³-hybridized carbons (Fsp3) is 0.200. The van der Waals surface area contributed by atoms with Gasteiger partial charge >= 0.3 is 0 Å². The lowest BCUT2D eigenvalue weighted by molar-refractivity contribution is 0.0716. The van der Waals surface area contributed by atoms with E-state index in [1.165, 1.54) is 0 Å². The van der Waals surface area contributed by atoms with E-state index in [1.807, 2.05) is 30.3 Å². The molecule has 0 spiro atoms. The van der Waals surface area contributed by atoms with Gasteiger partial charge in [-0.05, 0) is 24.1 Å². The topological polar surface area (TPSA) is 70.8 Å². The highest BCUT2D eigenvalue weighted by molar-refractivity contribution is 5.99. The van der Waals surface area contributed by atoms with Crippen molar-refractivity contribution in [2.75, 3.05) is 13.2 Å². The molecule has 126 valence electrons. The van der Waals surface area contributed by atoms with Gasteiger partial charge in [0.25, 0.3) is 5.91 Å². The van der Waals surface area contributed by atoms with Crippen molar-refractivity contribution in [3.8, 4) is 0 Å². The number of hydrogen-bond donors (Lipinski definition) is 1. The third-order valence-corrected chi connectivity index (χ3v) is 4.55. The van der Waals surface area contributed by atoms with Gasteiger partial charge in [-0.1, -0.05) is 42.5 Å². The first-order valence-corrected chi connectivity index (χ1v) is 8.25. The monoisotopic (exact) mass is 335 g/mol. The number of fused-ring (bicyclic) bond motifs is 2. The number of hydrogen-bond acceptors (Lipinski definition) is 4. The van der Waals surface area contributed by atoms with Gasteiger partial charge in [-0.2, -0.15) is 0 Å². The van der Waals surface area contributed by atoms with Crippen LogP contribution < -0.4 is 5.43 Å². The van der Waals surface area contributed by atoms with Gasteiger partial charge in [0.05, 0.1) is 17.0 Å². The van der Waals surface area contributed by atoms with Crippen LogP contribution in [0, 0.1) is 0 Å². The third kappa shape index (κ3) is 2.44. The molecule has 0 bridgehead atoms. The van der Waals surface area contributed by atoms with Gasteiger partial charge in [-0.15, -0.1) is 0 Å². The van der Waals surface area contributed by atoms with Crippen LogP contribution in [0.25, 0.3) is 11.0 Å². The standard InChI is InChI=1S/C20H17NO4/c22-12-6-11-21-17(13-7-2-1-3-8-13)16-18(23)14-9-4-5-10-15(14)25-19(16)20(21)24/h1-5,7-10,17,22H,6,11-12H2/t17-/m1/s1. The molecule has 1 aromatic heterocycles. The molecule has 5 heteroatoms. The maximum Gasteiger partial charge on any atom is 0.290 e. The van der Waals surface area contributed by atoms with Crippen molar-refractivity contribution in [2.45, 2.75) is 12.5 Å². The molecule has 2 heterocycles. The van der Waals surface area contributed by atoms with E-state index in [0.717, 1.165) is 5.56 Å². The maximum atomic E-state index is 13.1. The van der Waals surface area contributed by atoms with Gasteiger partial charge in [0.1, 0.15) is 5.58 Å². The molecule has 0 saturated heterocycles. The second-order valence-electron chi connectivity index (χ2n) is 6.06. The smallest absolute Gasteiger partial charge is 0.290 e. The Balaban J connectivity index is 1.97. The quantitative estimate of drug-likeness (QED) is 0.796. The third-order valence-electron chi connectivity index (χ3n) is 4.55. The molecule has 0 unspecified atom stereocenters. The van der Waals surface area contributed by atoms with Gasteiger partial charge < -0.3 is 14.4 Å². The Morgan fingerprint density at radius 2 is 1.72 bits per heavy atom. The second-order valence-corrected chi connectivity index (χ2v) is 6.06. The lowest BCUT2D eigenvalue weighted by Gasteiger charge is -2.24. The number of carbonyl (C=O) groups excluding carboxylic acids is 1. The van der Waals surface area contributed by atoms with Crippen LogP contribution in [0.3, 0.4) is 0 Å². The zero-order chi connectivity index (χ0) is 17.4. The van der Waals surface area contributed by atoms with E-state index in [2.05, 4.69) is 0 Å². The summed E-state index contributed by atoms with van der Waals surface area (Å²) in [6, 6.07) is 15.9. The summed E-state index contributed by atoms with van der Waals surface area (Å²) >= 11 is 0. The van der Waals surface area contributed by atoms with E-state index in [0.29, 0.717) is 29.5 Å². The molecule has 0 aliphatic carbocycles. The molecule has 3 aromatic rings. The Morgan fingerprint density at radius 1 is 1.00 bits per heavy atom. The Hall–Kier alpha value is -2.92. The van der Waals surface area contributed by atoms with Crippen molar-refractivity contribution < 1.29 is 14.3 Å². The molecule has 0 radical (unpaired) electrons. The molecule has 0 saturated carbocycles. The largest absolute Gasteiger partial charge is 0.450 e. The van der Waals surface area contributed by atoms with Gasteiger partial charge in [0, 0.05) is 13.2 Å². The SMILES string of the molecule is O=C1c2oc3ccccc3c(=O)c2[C@@H](c2ccccc2)N1CCCO. The highest BCUT2D eigenvalue weighted by Gasteiger charge is 2.42. The highest BCUT2D eigenvalue weighted by atomic mass is 16.3. The number of aliphatic hydroxyl groups is 1. The highest BCUT2D eigenvalue weighted by Crippen LogP contribution is 2.37. The average Bonchev–Trinajstić information content (AvgIpc) is 2.93. The van der Waals surface area contributed by atoms with Crippen molar-refractivity contribution in [1.29, 1.82) is 0 Å². The molecule has 1 atom stereocenters. The zero-order valence-corrected chi connectivity index (χ0v) is 13.5. The van der Waals surface area contributed by atoms with E-state index in [-0.39, 0.29) is 23.7 Å². The van der Waals surface area contributed by atoms with Crippen LogP contribution in [-0.2, 0) is 0 Å². The fourth-order valence-corrected chi connectivity index (χ4v) is 3.42.